The summed E-state index contributed by atoms with van der Waals surface area (Å²) in [7, 11) is 2.02. The first kappa shape index (κ1) is 14.0. The highest BCUT2D eigenvalue weighted by molar-refractivity contribution is 5.36. The number of rotatable bonds is 6. The van der Waals surface area contributed by atoms with Gasteiger partial charge in [-0.15, -0.1) is 0 Å². The van der Waals surface area contributed by atoms with E-state index in [9.17, 15) is 0 Å². The summed E-state index contributed by atoms with van der Waals surface area (Å²) >= 11 is 0. The van der Waals surface area contributed by atoms with Crippen LogP contribution in [-0.2, 0) is 6.42 Å². The molecule has 0 amide bonds. The van der Waals surface area contributed by atoms with Crippen LogP contribution in [-0.4, -0.2) is 19.2 Å². The van der Waals surface area contributed by atoms with Gasteiger partial charge in [0.15, 0.2) is 0 Å². The van der Waals surface area contributed by atoms with Crippen molar-refractivity contribution in [1.82, 2.24) is 5.32 Å². The second-order valence-electron chi connectivity index (χ2n) is 5.17. The third-order valence-corrected chi connectivity index (χ3v) is 3.25. The van der Waals surface area contributed by atoms with Gasteiger partial charge in [0.05, 0.1) is 6.61 Å². The molecule has 1 aromatic rings. The van der Waals surface area contributed by atoms with E-state index in [1.807, 2.05) is 14.0 Å². The minimum atomic E-state index is 0.201. The lowest BCUT2D eigenvalue weighted by Gasteiger charge is -2.24. The molecular formula is C15H25NO. The first-order valence-corrected chi connectivity index (χ1v) is 6.40. The van der Waals surface area contributed by atoms with Crippen LogP contribution in [0.25, 0.3) is 0 Å². The van der Waals surface area contributed by atoms with Crippen LogP contribution in [0.3, 0.4) is 0 Å². The van der Waals surface area contributed by atoms with E-state index in [0.29, 0.717) is 0 Å². The molecule has 0 aliphatic rings. The summed E-state index contributed by atoms with van der Waals surface area (Å²) in [4.78, 5) is 0. The van der Waals surface area contributed by atoms with Crippen LogP contribution in [0, 0.1) is 6.92 Å². The number of hydrogen-bond acceptors (Lipinski definition) is 2. The van der Waals surface area contributed by atoms with Gasteiger partial charge in [-0.25, -0.2) is 0 Å². The molecule has 0 spiro atoms. The van der Waals surface area contributed by atoms with Crippen LogP contribution >= 0.6 is 0 Å². The summed E-state index contributed by atoms with van der Waals surface area (Å²) in [6.07, 6.45) is 2.23. The number of hydrogen-bond donors (Lipinski definition) is 1. The fourth-order valence-corrected chi connectivity index (χ4v) is 1.77. The lowest BCUT2D eigenvalue weighted by Crippen LogP contribution is -2.36. The molecule has 1 rings (SSSR count). The molecule has 0 saturated heterocycles. The molecule has 0 bridgehead atoms. The fraction of sp³-hybridized carbons (Fsp3) is 0.600. The van der Waals surface area contributed by atoms with Crippen LogP contribution in [0.4, 0.5) is 0 Å². The van der Waals surface area contributed by atoms with E-state index in [-0.39, 0.29) is 5.54 Å². The molecule has 2 nitrogen and oxygen atoms in total. The average Bonchev–Trinajstić information content (AvgIpc) is 2.30. The van der Waals surface area contributed by atoms with Gasteiger partial charge in [0.1, 0.15) is 5.75 Å². The van der Waals surface area contributed by atoms with E-state index in [1.54, 1.807) is 0 Å². The van der Waals surface area contributed by atoms with Crippen molar-refractivity contribution in [2.45, 2.75) is 46.1 Å². The van der Waals surface area contributed by atoms with Gasteiger partial charge in [0.2, 0.25) is 0 Å². The van der Waals surface area contributed by atoms with E-state index in [0.717, 1.165) is 25.2 Å². The monoisotopic (exact) mass is 235 g/mol. The second kappa shape index (κ2) is 6.06. The Labute approximate surface area is 105 Å². The van der Waals surface area contributed by atoms with Gasteiger partial charge in [0.25, 0.3) is 0 Å². The highest BCUT2D eigenvalue weighted by Gasteiger charge is 2.14. The Bertz CT molecular complexity index is 358. The third-order valence-electron chi connectivity index (χ3n) is 3.25. The van der Waals surface area contributed by atoms with Gasteiger partial charge >= 0.3 is 0 Å². The van der Waals surface area contributed by atoms with Crippen molar-refractivity contribution in [2.75, 3.05) is 13.7 Å². The van der Waals surface area contributed by atoms with Crippen molar-refractivity contribution in [2.24, 2.45) is 0 Å². The zero-order valence-corrected chi connectivity index (χ0v) is 11.8. The Hall–Kier alpha value is -1.02. The van der Waals surface area contributed by atoms with Crippen molar-refractivity contribution >= 4 is 0 Å². The molecule has 0 radical (unpaired) electrons. The molecule has 0 aromatic heterocycles. The quantitative estimate of drug-likeness (QED) is 0.816. The summed E-state index contributed by atoms with van der Waals surface area (Å²) in [5.41, 5.74) is 2.81. The van der Waals surface area contributed by atoms with E-state index in [2.05, 4.69) is 44.3 Å². The zero-order valence-electron chi connectivity index (χ0n) is 11.8. The SMILES string of the molecule is CCOc1ccc(CCC(C)(C)NC)cc1C. The van der Waals surface area contributed by atoms with Crippen molar-refractivity contribution < 1.29 is 4.74 Å². The summed E-state index contributed by atoms with van der Waals surface area (Å²) < 4.78 is 5.55. The standard InChI is InChI=1S/C15H25NO/c1-6-17-14-8-7-13(11-12(14)2)9-10-15(3,4)16-5/h7-8,11,16H,6,9-10H2,1-5H3. The minimum Gasteiger partial charge on any atom is -0.494 e. The molecule has 96 valence electrons. The molecule has 0 heterocycles. The number of benzene rings is 1. The van der Waals surface area contributed by atoms with Crippen LogP contribution in [0.15, 0.2) is 18.2 Å². The van der Waals surface area contributed by atoms with Gasteiger partial charge in [-0.3, -0.25) is 0 Å². The largest absolute Gasteiger partial charge is 0.494 e. The highest BCUT2D eigenvalue weighted by Crippen LogP contribution is 2.21. The Balaban J connectivity index is 2.64. The maximum Gasteiger partial charge on any atom is 0.122 e. The molecule has 0 fully saturated rings. The van der Waals surface area contributed by atoms with Crippen molar-refractivity contribution in [3.8, 4) is 5.75 Å². The zero-order chi connectivity index (χ0) is 12.9. The predicted octanol–water partition coefficient (Wildman–Crippen LogP) is 3.32. The first-order valence-electron chi connectivity index (χ1n) is 6.40. The lowest BCUT2D eigenvalue weighted by molar-refractivity contribution is 0.337. The van der Waals surface area contributed by atoms with Crippen LogP contribution in [0.5, 0.6) is 5.75 Å². The highest BCUT2D eigenvalue weighted by atomic mass is 16.5. The van der Waals surface area contributed by atoms with Crippen molar-refractivity contribution in [3.63, 3.8) is 0 Å². The molecule has 0 aliphatic carbocycles. The van der Waals surface area contributed by atoms with Crippen LogP contribution in [0.1, 0.15) is 38.3 Å². The third kappa shape index (κ3) is 4.39. The number of ether oxygens (including phenoxy) is 1. The van der Waals surface area contributed by atoms with Crippen molar-refractivity contribution in [3.05, 3.63) is 29.3 Å². The minimum absolute atomic E-state index is 0.201. The van der Waals surface area contributed by atoms with Gasteiger partial charge < -0.3 is 10.1 Å². The number of aryl methyl sites for hydroxylation is 2. The molecule has 1 N–H and O–H groups in total. The Morgan fingerprint density at radius 3 is 2.53 bits per heavy atom. The Morgan fingerprint density at radius 2 is 2.00 bits per heavy atom. The molecule has 1 aromatic carbocycles. The summed E-state index contributed by atoms with van der Waals surface area (Å²) in [5.74, 6) is 1.00. The lowest BCUT2D eigenvalue weighted by atomic mass is 9.95. The van der Waals surface area contributed by atoms with Gasteiger partial charge in [0, 0.05) is 5.54 Å². The topological polar surface area (TPSA) is 21.3 Å². The Kier molecular flexibility index (Phi) is 5.01. The fourth-order valence-electron chi connectivity index (χ4n) is 1.77. The van der Waals surface area contributed by atoms with Crippen molar-refractivity contribution in [1.29, 1.82) is 0 Å². The predicted molar refractivity (Wildman–Crippen MR) is 73.8 cm³/mol. The molecule has 0 aliphatic heterocycles. The Morgan fingerprint density at radius 1 is 1.29 bits per heavy atom. The van der Waals surface area contributed by atoms with E-state index >= 15 is 0 Å². The second-order valence-corrected chi connectivity index (χ2v) is 5.17. The normalized spacial score (nSPS) is 11.6. The smallest absolute Gasteiger partial charge is 0.122 e. The molecular weight excluding hydrogens is 210 g/mol. The summed E-state index contributed by atoms with van der Waals surface area (Å²) in [6.45, 7) is 9.32. The molecule has 0 saturated carbocycles. The van der Waals surface area contributed by atoms with Gasteiger partial charge in [-0.1, -0.05) is 12.1 Å². The molecule has 0 unspecified atom stereocenters. The molecule has 2 heteroatoms. The molecule has 17 heavy (non-hydrogen) atoms. The average molecular weight is 235 g/mol. The molecule has 0 atom stereocenters. The number of nitrogens with one attached hydrogen (secondary N) is 1. The van der Waals surface area contributed by atoms with Gasteiger partial charge in [-0.05, 0) is 64.8 Å². The van der Waals surface area contributed by atoms with Crippen LogP contribution in [0.2, 0.25) is 0 Å². The summed E-state index contributed by atoms with van der Waals surface area (Å²) in [6, 6.07) is 6.49. The van der Waals surface area contributed by atoms with Gasteiger partial charge in [-0.2, -0.15) is 0 Å². The van der Waals surface area contributed by atoms with E-state index in [1.165, 1.54) is 11.1 Å². The maximum atomic E-state index is 5.55. The first-order chi connectivity index (χ1) is 7.98. The summed E-state index contributed by atoms with van der Waals surface area (Å²) in [5, 5.41) is 3.33. The van der Waals surface area contributed by atoms with E-state index in [4.69, 9.17) is 4.74 Å². The van der Waals surface area contributed by atoms with E-state index < -0.39 is 0 Å². The maximum absolute atomic E-state index is 5.55. The van der Waals surface area contributed by atoms with Crippen LogP contribution < -0.4 is 10.1 Å².